The van der Waals surface area contributed by atoms with Crippen LogP contribution in [0.1, 0.15) is 63.4 Å². The number of hydrogen-bond acceptors (Lipinski definition) is 3. The first-order valence-corrected chi connectivity index (χ1v) is 10.9. The molecule has 1 aromatic rings. The average Bonchev–Trinajstić information content (AvgIpc) is 2.73. The molecule has 1 aromatic carbocycles. The third kappa shape index (κ3) is 5.98. The Morgan fingerprint density at radius 1 is 1.07 bits per heavy atom. The number of nitrogens with one attached hydrogen (secondary N) is 1. The predicted octanol–water partition coefficient (Wildman–Crippen LogP) is 3.84. The zero-order valence-electron chi connectivity index (χ0n) is 17.1. The van der Waals surface area contributed by atoms with Gasteiger partial charge in [-0.05, 0) is 50.7 Å². The van der Waals surface area contributed by atoms with E-state index in [1.807, 2.05) is 36.1 Å². The summed E-state index contributed by atoms with van der Waals surface area (Å²) in [6.07, 6.45) is 8.68. The maximum atomic E-state index is 12.6. The normalized spacial score (nSPS) is 18.7. The van der Waals surface area contributed by atoms with Gasteiger partial charge < -0.3 is 15.0 Å². The van der Waals surface area contributed by atoms with Gasteiger partial charge in [0.05, 0.1) is 6.61 Å². The molecule has 2 fully saturated rings. The number of benzene rings is 1. The summed E-state index contributed by atoms with van der Waals surface area (Å²) in [5, 5.41) is 3.14. The molecular formula is C23H34N2O3. The number of amides is 2. The Labute approximate surface area is 168 Å². The van der Waals surface area contributed by atoms with Crippen molar-refractivity contribution in [3.05, 3.63) is 29.8 Å². The van der Waals surface area contributed by atoms with Crippen LogP contribution in [0.3, 0.4) is 0 Å². The van der Waals surface area contributed by atoms with E-state index in [9.17, 15) is 9.59 Å². The number of carbonyl (C=O) groups is 2. The Morgan fingerprint density at radius 3 is 2.50 bits per heavy atom. The lowest BCUT2D eigenvalue weighted by Crippen LogP contribution is -2.48. The van der Waals surface area contributed by atoms with E-state index >= 15 is 0 Å². The van der Waals surface area contributed by atoms with E-state index in [0.29, 0.717) is 25.4 Å². The minimum Gasteiger partial charge on any atom is -0.493 e. The molecule has 0 spiro atoms. The van der Waals surface area contributed by atoms with E-state index in [4.69, 9.17) is 4.74 Å². The number of carbonyl (C=O) groups excluding carboxylic acids is 2. The molecule has 154 valence electrons. The summed E-state index contributed by atoms with van der Waals surface area (Å²) in [6.45, 7) is 4.12. The Morgan fingerprint density at radius 2 is 1.79 bits per heavy atom. The van der Waals surface area contributed by atoms with Gasteiger partial charge in [0.25, 0.3) is 0 Å². The van der Waals surface area contributed by atoms with Crippen LogP contribution in [0.5, 0.6) is 5.75 Å². The zero-order valence-corrected chi connectivity index (χ0v) is 17.1. The highest BCUT2D eigenvalue weighted by Crippen LogP contribution is 2.26. The minimum absolute atomic E-state index is 0.0884. The number of hydrogen-bond donors (Lipinski definition) is 1. The van der Waals surface area contributed by atoms with Crippen molar-refractivity contribution in [3.8, 4) is 5.75 Å². The molecular weight excluding hydrogens is 352 g/mol. The Bertz CT molecular complexity index is 647. The molecule has 0 bridgehead atoms. The van der Waals surface area contributed by atoms with Crippen LogP contribution in [0.15, 0.2) is 24.3 Å². The molecule has 5 heteroatoms. The number of aryl methyl sites for hydroxylation is 1. The van der Waals surface area contributed by atoms with E-state index in [0.717, 1.165) is 50.1 Å². The molecule has 2 aliphatic rings. The van der Waals surface area contributed by atoms with Crippen LogP contribution in [-0.2, 0) is 9.59 Å². The van der Waals surface area contributed by atoms with Crippen molar-refractivity contribution in [3.63, 3.8) is 0 Å². The van der Waals surface area contributed by atoms with Crippen molar-refractivity contribution in [2.75, 3.05) is 19.7 Å². The number of likely N-dealkylation sites (tertiary alicyclic amines) is 1. The van der Waals surface area contributed by atoms with Crippen LogP contribution in [0.2, 0.25) is 0 Å². The van der Waals surface area contributed by atoms with E-state index in [1.54, 1.807) is 0 Å². The van der Waals surface area contributed by atoms with E-state index in [2.05, 4.69) is 5.32 Å². The van der Waals surface area contributed by atoms with Crippen molar-refractivity contribution in [2.45, 2.75) is 70.8 Å². The van der Waals surface area contributed by atoms with Gasteiger partial charge in [-0.2, -0.15) is 0 Å². The van der Waals surface area contributed by atoms with Gasteiger partial charge in [0.1, 0.15) is 5.75 Å². The molecule has 0 unspecified atom stereocenters. The molecule has 1 aliphatic heterocycles. The van der Waals surface area contributed by atoms with Gasteiger partial charge in [0.15, 0.2) is 0 Å². The van der Waals surface area contributed by atoms with Crippen LogP contribution in [0.4, 0.5) is 0 Å². The number of rotatable bonds is 7. The topological polar surface area (TPSA) is 58.6 Å². The zero-order chi connectivity index (χ0) is 19.8. The maximum Gasteiger partial charge on any atom is 0.225 e. The number of nitrogens with zero attached hydrogens (tertiary/aromatic N) is 1. The summed E-state index contributed by atoms with van der Waals surface area (Å²) in [4.78, 5) is 26.8. The molecule has 0 aromatic heterocycles. The van der Waals surface area contributed by atoms with Gasteiger partial charge in [0, 0.05) is 31.5 Å². The third-order valence-corrected chi connectivity index (χ3v) is 6.03. The summed E-state index contributed by atoms with van der Waals surface area (Å²) >= 11 is 0. The Balaban J connectivity index is 1.30. The lowest BCUT2D eigenvalue weighted by molar-refractivity contribution is -0.137. The summed E-state index contributed by atoms with van der Waals surface area (Å²) in [5.74, 6) is 1.56. The summed E-state index contributed by atoms with van der Waals surface area (Å²) in [7, 11) is 0. The molecule has 28 heavy (non-hydrogen) atoms. The number of piperidine rings is 1. The first-order valence-electron chi connectivity index (χ1n) is 10.9. The highest BCUT2D eigenvalue weighted by Gasteiger charge is 2.29. The number of ether oxygens (including phenoxy) is 1. The van der Waals surface area contributed by atoms with Crippen molar-refractivity contribution >= 4 is 11.8 Å². The molecule has 1 heterocycles. The van der Waals surface area contributed by atoms with Gasteiger partial charge in [-0.25, -0.2) is 0 Å². The quantitative estimate of drug-likeness (QED) is 0.724. The SMILES string of the molecule is Cc1ccccc1OCCCC(=O)NC1CCN(C(=O)C2CCCCC2)CC1. The predicted molar refractivity (Wildman–Crippen MR) is 110 cm³/mol. The van der Waals surface area contributed by atoms with Gasteiger partial charge in [-0.3, -0.25) is 9.59 Å². The van der Waals surface area contributed by atoms with Crippen molar-refractivity contribution in [1.29, 1.82) is 0 Å². The summed E-state index contributed by atoms with van der Waals surface area (Å²) < 4.78 is 5.75. The molecule has 1 saturated heterocycles. The lowest BCUT2D eigenvalue weighted by Gasteiger charge is -2.35. The second kappa shape index (κ2) is 10.5. The van der Waals surface area contributed by atoms with Crippen molar-refractivity contribution in [2.24, 2.45) is 5.92 Å². The fourth-order valence-corrected chi connectivity index (χ4v) is 4.29. The van der Waals surface area contributed by atoms with E-state index in [-0.39, 0.29) is 17.9 Å². The highest BCUT2D eigenvalue weighted by atomic mass is 16.5. The van der Waals surface area contributed by atoms with Crippen molar-refractivity contribution < 1.29 is 14.3 Å². The molecule has 1 aliphatic carbocycles. The Kier molecular flexibility index (Phi) is 7.75. The molecule has 5 nitrogen and oxygen atoms in total. The fraction of sp³-hybridized carbons (Fsp3) is 0.652. The van der Waals surface area contributed by atoms with Gasteiger partial charge in [-0.1, -0.05) is 37.5 Å². The lowest BCUT2D eigenvalue weighted by atomic mass is 9.87. The molecule has 2 amide bonds. The standard InChI is InChI=1S/C23H34N2O3/c1-18-8-5-6-11-21(18)28-17-7-12-22(26)24-20-13-15-25(16-14-20)23(27)19-9-3-2-4-10-19/h5-6,8,11,19-20H,2-4,7,9-10,12-17H2,1H3,(H,24,26). The van der Waals surface area contributed by atoms with E-state index in [1.165, 1.54) is 19.3 Å². The third-order valence-electron chi connectivity index (χ3n) is 6.03. The van der Waals surface area contributed by atoms with Gasteiger partial charge in [0.2, 0.25) is 11.8 Å². The minimum atomic E-state index is 0.0884. The first kappa shape index (κ1) is 20.7. The molecule has 3 rings (SSSR count). The number of para-hydroxylation sites is 1. The highest BCUT2D eigenvalue weighted by molar-refractivity contribution is 5.79. The van der Waals surface area contributed by atoms with Gasteiger partial charge >= 0.3 is 0 Å². The van der Waals surface area contributed by atoms with Crippen molar-refractivity contribution in [1.82, 2.24) is 10.2 Å². The van der Waals surface area contributed by atoms with Gasteiger partial charge in [-0.15, -0.1) is 0 Å². The van der Waals surface area contributed by atoms with Crippen LogP contribution in [-0.4, -0.2) is 42.5 Å². The van der Waals surface area contributed by atoms with E-state index < -0.39 is 0 Å². The fourth-order valence-electron chi connectivity index (χ4n) is 4.29. The van der Waals surface area contributed by atoms with Crippen LogP contribution >= 0.6 is 0 Å². The van der Waals surface area contributed by atoms with Crippen LogP contribution < -0.4 is 10.1 Å². The Hall–Kier alpha value is -2.04. The largest absolute Gasteiger partial charge is 0.493 e. The molecule has 0 radical (unpaired) electrons. The summed E-state index contributed by atoms with van der Waals surface area (Å²) in [6, 6.07) is 8.12. The first-order chi connectivity index (χ1) is 13.6. The molecule has 1 saturated carbocycles. The summed E-state index contributed by atoms with van der Waals surface area (Å²) in [5.41, 5.74) is 1.11. The van der Waals surface area contributed by atoms with Crippen LogP contribution in [0.25, 0.3) is 0 Å². The molecule has 1 N–H and O–H groups in total. The average molecular weight is 387 g/mol. The second-order valence-electron chi connectivity index (χ2n) is 8.22. The molecule has 0 atom stereocenters. The second-order valence-corrected chi connectivity index (χ2v) is 8.22. The maximum absolute atomic E-state index is 12.6. The van der Waals surface area contributed by atoms with Crippen LogP contribution in [0, 0.1) is 12.8 Å². The smallest absolute Gasteiger partial charge is 0.225 e. The monoisotopic (exact) mass is 386 g/mol.